The normalized spacial score (nSPS) is 16.8. The molecule has 0 radical (unpaired) electrons. The van der Waals surface area contributed by atoms with Gasteiger partial charge in [-0.1, -0.05) is 39.9 Å². The lowest BCUT2D eigenvalue weighted by molar-refractivity contribution is 0.0875. The molecule has 3 rings (SSSR count). The maximum absolute atomic E-state index is 13.7. The van der Waals surface area contributed by atoms with Crippen molar-refractivity contribution in [3.63, 3.8) is 0 Å². The van der Waals surface area contributed by atoms with E-state index in [1.54, 1.807) is 12.1 Å². The monoisotopic (exact) mass is 474 g/mol. The Morgan fingerprint density at radius 2 is 2.27 bits per heavy atom. The van der Waals surface area contributed by atoms with Crippen molar-refractivity contribution in [2.24, 2.45) is 5.92 Å². The number of benzene rings is 1. The number of hydrogen-bond donors (Lipinski definition) is 1. The summed E-state index contributed by atoms with van der Waals surface area (Å²) in [6.45, 7) is 2.40. The zero-order valence-corrected chi connectivity index (χ0v) is 16.3. The van der Waals surface area contributed by atoms with Gasteiger partial charge in [-0.2, -0.15) is 0 Å². The second-order valence-corrected chi connectivity index (χ2v) is 6.93. The van der Waals surface area contributed by atoms with Gasteiger partial charge in [0.1, 0.15) is 12.4 Å². The van der Waals surface area contributed by atoms with Crippen LogP contribution >= 0.6 is 22.6 Å². The Hall–Kier alpha value is -1.52. The SMILES string of the molecule is O=C(NCC1CCOC1)c1cc(COCc2ccc(CI)c(F)c2)on1. The minimum Gasteiger partial charge on any atom is -0.381 e. The number of carbonyl (C=O) groups is 1. The Morgan fingerprint density at radius 1 is 1.38 bits per heavy atom. The number of halogens is 2. The smallest absolute Gasteiger partial charge is 0.273 e. The molecule has 1 aromatic heterocycles. The Balaban J connectivity index is 1.44. The summed E-state index contributed by atoms with van der Waals surface area (Å²) in [4.78, 5) is 12.1. The van der Waals surface area contributed by atoms with E-state index in [0.717, 1.165) is 18.6 Å². The number of nitrogens with one attached hydrogen (secondary N) is 1. The maximum Gasteiger partial charge on any atom is 0.273 e. The zero-order valence-electron chi connectivity index (χ0n) is 14.2. The summed E-state index contributed by atoms with van der Waals surface area (Å²) in [5.41, 5.74) is 1.64. The number of hydrogen-bond acceptors (Lipinski definition) is 5. The third-order valence-electron chi connectivity index (χ3n) is 4.14. The molecular formula is C18H20FIN2O4. The van der Waals surface area contributed by atoms with Gasteiger partial charge in [0.15, 0.2) is 11.5 Å². The minimum atomic E-state index is -0.275. The van der Waals surface area contributed by atoms with E-state index in [1.165, 1.54) is 6.07 Å². The highest BCUT2D eigenvalue weighted by Crippen LogP contribution is 2.15. The van der Waals surface area contributed by atoms with Crippen molar-refractivity contribution in [3.8, 4) is 0 Å². The summed E-state index contributed by atoms with van der Waals surface area (Å²) >= 11 is 2.12. The van der Waals surface area contributed by atoms with E-state index in [2.05, 4.69) is 33.1 Å². The maximum atomic E-state index is 13.7. The molecule has 1 amide bonds. The van der Waals surface area contributed by atoms with Crippen molar-refractivity contribution < 1.29 is 23.2 Å². The summed E-state index contributed by atoms with van der Waals surface area (Å²) in [7, 11) is 0. The lowest BCUT2D eigenvalue weighted by atomic mass is 10.1. The van der Waals surface area contributed by atoms with Crippen LogP contribution in [0, 0.1) is 11.7 Å². The summed E-state index contributed by atoms with van der Waals surface area (Å²) in [5.74, 6) is 0.298. The van der Waals surface area contributed by atoms with E-state index < -0.39 is 0 Å². The van der Waals surface area contributed by atoms with E-state index >= 15 is 0 Å². The molecule has 140 valence electrons. The van der Waals surface area contributed by atoms with E-state index in [1.807, 2.05) is 6.07 Å². The van der Waals surface area contributed by atoms with Gasteiger partial charge in [0.25, 0.3) is 5.91 Å². The van der Waals surface area contributed by atoms with Gasteiger partial charge in [-0.15, -0.1) is 0 Å². The number of rotatable bonds is 8. The molecule has 1 fully saturated rings. The fourth-order valence-electron chi connectivity index (χ4n) is 2.62. The van der Waals surface area contributed by atoms with Gasteiger partial charge in [0.05, 0.1) is 13.2 Å². The van der Waals surface area contributed by atoms with E-state index in [0.29, 0.717) is 34.8 Å². The number of aromatic nitrogens is 1. The van der Waals surface area contributed by atoms with Crippen LogP contribution in [0.3, 0.4) is 0 Å². The van der Waals surface area contributed by atoms with Crippen LogP contribution in [0.4, 0.5) is 4.39 Å². The Labute approximate surface area is 164 Å². The van der Waals surface area contributed by atoms with E-state index in [4.69, 9.17) is 14.0 Å². The minimum absolute atomic E-state index is 0.159. The molecule has 1 atom stereocenters. The summed E-state index contributed by atoms with van der Waals surface area (Å²) < 4.78 is 30.3. The highest BCUT2D eigenvalue weighted by Gasteiger charge is 2.18. The first-order chi connectivity index (χ1) is 12.7. The third kappa shape index (κ3) is 5.24. The van der Waals surface area contributed by atoms with Crippen LogP contribution < -0.4 is 5.32 Å². The molecule has 26 heavy (non-hydrogen) atoms. The Morgan fingerprint density at radius 3 is 3.00 bits per heavy atom. The largest absolute Gasteiger partial charge is 0.381 e. The van der Waals surface area contributed by atoms with Crippen molar-refractivity contribution in [2.45, 2.75) is 24.1 Å². The molecule has 0 aliphatic carbocycles. The summed E-state index contributed by atoms with van der Waals surface area (Å²) in [5, 5.41) is 6.59. The fourth-order valence-corrected chi connectivity index (χ4v) is 3.24. The second-order valence-electron chi connectivity index (χ2n) is 6.17. The number of amides is 1. The van der Waals surface area contributed by atoms with Crippen molar-refractivity contribution in [1.29, 1.82) is 0 Å². The molecule has 0 bridgehead atoms. The first-order valence-electron chi connectivity index (χ1n) is 8.38. The van der Waals surface area contributed by atoms with Crippen LogP contribution in [-0.4, -0.2) is 30.8 Å². The predicted octanol–water partition coefficient (Wildman–Crippen LogP) is 3.23. The number of carbonyl (C=O) groups excluding carboxylic acids is 1. The molecule has 6 nitrogen and oxygen atoms in total. The molecule has 0 spiro atoms. The quantitative estimate of drug-likeness (QED) is 0.470. The topological polar surface area (TPSA) is 73.6 Å². The standard InChI is InChI=1S/C18H20FIN2O4/c19-16-5-12(1-2-14(16)7-20)9-25-11-15-6-17(22-26-15)18(23)21-8-13-3-4-24-10-13/h1-2,5-6,13H,3-4,7-11H2,(H,21,23). The van der Waals surface area contributed by atoms with Crippen molar-refractivity contribution in [1.82, 2.24) is 10.5 Å². The molecule has 1 aliphatic heterocycles. The molecule has 8 heteroatoms. The lowest BCUT2D eigenvalue weighted by Crippen LogP contribution is -2.29. The third-order valence-corrected chi connectivity index (χ3v) is 4.96. The van der Waals surface area contributed by atoms with Gasteiger partial charge in [-0.05, 0) is 23.6 Å². The summed E-state index contributed by atoms with van der Waals surface area (Å²) in [6, 6.07) is 6.62. The summed E-state index contributed by atoms with van der Waals surface area (Å²) in [6.07, 6.45) is 0.956. The first kappa shape index (κ1) is 19.2. The van der Waals surface area contributed by atoms with Crippen LogP contribution in [0.2, 0.25) is 0 Å². The van der Waals surface area contributed by atoms with Crippen molar-refractivity contribution in [2.75, 3.05) is 19.8 Å². The van der Waals surface area contributed by atoms with Gasteiger partial charge in [0.2, 0.25) is 0 Å². The Kier molecular flexibility index (Phi) is 6.98. The molecule has 1 N–H and O–H groups in total. The first-order valence-corrected chi connectivity index (χ1v) is 9.91. The lowest BCUT2D eigenvalue weighted by Gasteiger charge is -2.07. The zero-order chi connectivity index (χ0) is 18.4. The van der Waals surface area contributed by atoms with Gasteiger partial charge in [0, 0.05) is 29.6 Å². The van der Waals surface area contributed by atoms with Crippen molar-refractivity contribution >= 4 is 28.5 Å². The van der Waals surface area contributed by atoms with Crippen LogP contribution in [0.25, 0.3) is 0 Å². The molecule has 1 unspecified atom stereocenters. The number of ether oxygens (including phenoxy) is 2. The van der Waals surface area contributed by atoms with Crippen LogP contribution in [-0.2, 0) is 27.1 Å². The van der Waals surface area contributed by atoms with E-state index in [9.17, 15) is 9.18 Å². The van der Waals surface area contributed by atoms with Crippen LogP contribution in [0.15, 0.2) is 28.8 Å². The number of nitrogens with zero attached hydrogens (tertiary/aromatic N) is 1. The van der Waals surface area contributed by atoms with Gasteiger partial charge < -0.3 is 19.3 Å². The van der Waals surface area contributed by atoms with Gasteiger partial charge in [-0.25, -0.2) is 4.39 Å². The second kappa shape index (κ2) is 9.43. The van der Waals surface area contributed by atoms with Crippen LogP contribution in [0.5, 0.6) is 0 Å². The average Bonchev–Trinajstić information content (AvgIpc) is 3.32. The molecular weight excluding hydrogens is 454 g/mol. The van der Waals surface area contributed by atoms with Gasteiger partial charge in [-0.3, -0.25) is 4.79 Å². The highest BCUT2D eigenvalue weighted by molar-refractivity contribution is 14.1. The molecule has 2 aromatic rings. The van der Waals surface area contributed by atoms with Crippen LogP contribution in [0.1, 0.15) is 33.8 Å². The molecule has 2 heterocycles. The number of alkyl halides is 1. The van der Waals surface area contributed by atoms with E-state index in [-0.39, 0.29) is 30.6 Å². The highest BCUT2D eigenvalue weighted by atomic mass is 127. The molecule has 0 saturated carbocycles. The Bertz CT molecular complexity index is 747. The average molecular weight is 474 g/mol. The fraction of sp³-hybridized carbons (Fsp3) is 0.444. The molecule has 1 saturated heterocycles. The predicted molar refractivity (Wildman–Crippen MR) is 100 cm³/mol. The van der Waals surface area contributed by atoms with Crippen molar-refractivity contribution in [3.05, 3.63) is 52.7 Å². The molecule has 1 aromatic carbocycles. The molecule has 1 aliphatic rings. The van der Waals surface area contributed by atoms with Gasteiger partial charge >= 0.3 is 0 Å².